The van der Waals surface area contributed by atoms with Gasteiger partial charge >= 0.3 is 6.18 Å². The van der Waals surface area contributed by atoms with Crippen LogP contribution in [0.4, 0.5) is 18.9 Å². The standard InChI is InChI=1S/C22H24F3N3O3/c1-26(20(15-27-11-5-6-12-27)16-7-3-2-4-8-16)21(29)13-17-9-10-18(22(23,24)25)14-19(17)28(30)31/h2-4,7-10,14,20H,5-6,11-13,15H2,1H3/t20-/m1/s1. The number of halogens is 3. The molecule has 1 heterocycles. The number of likely N-dealkylation sites (N-methyl/N-ethyl adjacent to an activating group) is 1. The summed E-state index contributed by atoms with van der Waals surface area (Å²) < 4.78 is 38.8. The molecule has 0 unspecified atom stereocenters. The van der Waals surface area contributed by atoms with Gasteiger partial charge in [-0.05, 0) is 37.6 Å². The number of nitro groups is 1. The van der Waals surface area contributed by atoms with Gasteiger partial charge in [-0.25, -0.2) is 0 Å². The third kappa shape index (κ3) is 5.61. The Morgan fingerprint density at radius 2 is 1.81 bits per heavy atom. The number of nitrogens with zero attached hydrogens (tertiary/aromatic N) is 3. The highest BCUT2D eigenvalue weighted by atomic mass is 19.4. The van der Waals surface area contributed by atoms with Crippen LogP contribution in [0.5, 0.6) is 0 Å². The van der Waals surface area contributed by atoms with Crippen molar-refractivity contribution in [2.45, 2.75) is 31.5 Å². The molecule has 1 saturated heterocycles. The Kier molecular flexibility index (Phi) is 6.94. The van der Waals surface area contributed by atoms with E-state index in [0.29, 0.717) is 12.6 Å². The van der Waals surface area contributed by atoms with Gasteiger partial charge in [-0.1, -0.05) is 36.4 Å². The number of benzene rings is 2. The summed E-state index contributed by atoms with van der Waals surface area (Å²) in [5.74, 6) is -0.393. The average molecular weight is 435 g/mol. The fraction of sp³-hybridized carbons (Fsp3) is 0.409. The zero-order valence-corrected chi connectivity index (χ0v) is 17.1. The summed E-state index contributed by atoms with van der Waals surface area (Å²) in [5, 5.41) is 11.3. The lowest BCUT2D eigenvalue weighted by molar-refractivity contribution is -0.385. The van der Waals surface area contributed by atoms with Crippen molar-refractivity contribution in [3.8, 4) is 0 Å². The Hall–Kier alpha value is -2.94. The SMILES string of the molecule is CN(C(=O)Cc1ccc(C(F)(F)F)cc1[N+](=O)[O-])[C@H](CN1CCCC1)c1ccccc1. The molecule has 2 aromatic rings. The summed E-state index contributed by atoms with van der Waals surface area (Å²) in [5.41, 5.74) is -0.915. The summed E-state index contributed by atoms with van der Waals surface area (Å²) in [4.78, 5) is 27.3. The van der Waals surface area contributed by atoms with Crippen molar-refractivity contribution >= 4 is 11.6 Å². The first-order valence-corrected chi connectivity index (χ1v) is 10.0. The first-order chi connectivity index (χ1) is 14.7. The third-order valence-electron chi connectivity index (χ3n) is 5.63. The molecule has 166 valence electrons. The van der Waals surface area contributed by atoms with Crippen molar-refractivity contribution in [3.63, 3.8) is 0 Å². The molecule has 1 amide bonds. The van der Waals surface area contributed by atoms with Gasteiger partial charge in [0.1, 0.15) is 0 Å². The fourth-order valence-electron chi connectivity index (χ4n) is 3.86. The topological polar surface area (TPSA) is 66.7 Å². The molecule has 3 rings (SSSR count). The molecule has 0 spiro atoms. The van der Waals surface area contributed by atoms with Gasteiger partial charge < -0.3 is 9.80 Å². The second-order valence-corrected chi connectivity index (χ2v) is 7.71. The van der Waals surface area contributed by atoms with E-state index >= 15 is 0 Å². The van der Waals surface area contributed by atoms with E-state index in [4.69, 9.17) is 0 Å². The van der Waals surface area contributed by atoms with E-state index in [0.717, 1.165) is 43.6 Å². The maximum absolute atomic E-state index is 13.0. The van der Waals surface area contributed by atoms with Gasteiger partial charge in [0.2, 0.25) is 5.91 Å². The van der Waals surface area contributed by atoms with Crippen LogP contribution < -0.4 is 0 Å². The molecule has 1 fully saturated rings. The van der Waals surface area contributed by atoms with Gasteiger partial charge in [0.05, 0.1) is 22.9 Å². The van der Waals surface area contributed by atoms with E-state index in [9.17, 15) is 28.1 Å². The molecular weight excluding hydrogens is 411 g/mol. The van der Waals surface area contributed by atoms with Crippen LogP contribution >= 0.6 is 0 Å². The van der Waals surface area contributed by atoms with Crippen molar-refractivity contribution in [1.82, 2.24) is 9.80 Å². The predicted octanol–water partition coefficient (Wildman–Crippen LogP) is 4.45. The molecular formula is C22H24F3N3O3. The highest BCUT2D eigenvalue weighted by Crippen LogP contribution is 2.33. The number of carbonyl (C=O) groups excluding carboxylic acids is 1. The van der Waals surface area contributed by atoms with Crippen molar-refractivity contribution in [3.05, 3.63) is 75.3 Å². The highest BCUT2D eigenvalue weighted by molar-refractivity contribution is 5.80. The van der Waals surface area contributed by atoms with Gasteiger partial charge in [-0.2, -0.15) is 13.2 Å². The molecule has 1 aliphatic heterocycles. The average Bonchev–Trinajstić information content (AvgIpc) is 3.24. The summed E-state index contributed by atoms with van der Waals surface area (Å²) in [6.07, 6.45) is -2.86. The zero-order chi connectivity index (χ0) is 22.6. The van der Waals surface area contributed by atoms with Crippen LogP contribution in [-0.2, 0) is 17.4 Å². The van der Waals surface area contributed by atoms with Crippen LogP contribution in [0.25, 0.3) is 0 Å². The smallest absolute Gasteiger partial charge is 0.337 e. The minimum absolute atomic E-state index is 0.0390. The molecule has 0 saturated carbocycles. The monoisotopic (exact) mass is 435 g/mol. The van der Waals surface area contributed by atoms with Crippen LogP contribution in [0.2, 0.25) is 0 Å². The zero-order valence-electron chi connectivity index (χ0n) is 17.1. The first-order valence-electron chi connectivity index (χ1n) is 10.0. The van der Waals surface area contributed by atoms with Gasteiger partial charge in [-0.15, -0.1) is 0 Å². The lowest BCUT2D eigenvalue weighted by Crippen LogP contribution is -2.39. The minimum Gasteiger partial charge on any atom is -0.337 e. The number of alkyl halides is 3. The number of likely N-dealkylation sites (tertiary alicyclic amines) is 1. The maximum Gasteiger partial charge on any atom is 0.416 e. The van der Waals surface area contributed by atoms with Gasteiger partial charge in [0.15, 0.2) is 0 Å². The molecule has 0 aromatic heterocycles. The van der Waals surface area contributed by atoms with E-state index in [1.165, 1.54) is 4.90 Å². The number of amides is 1. The Bertz CT molecular complexity index is 929. The van der Waals surface area contributed by atoms with E-state index in [-0.39, 0.29) is 18.0 Å². The molecule has 0 N–H and O–H groups in total. The summed E-state index contributed by atoms with van der Waals surface area (Å²) >= 11 is 0. The van der Waals surface area contributed by atoms with Crippen molar-refractivity contribution in [2.75, 3.05) is 26.7 Å². The Morgan fingerprint density at radius 1 is 1.16 bits per heavy atom. The number of hydrogen-bond acceptors (Lipinski definition) is 4. The molecule has 0 bridgehead atoms. The van der Waals surface area contributed by atoms with Gasteiger partial charge in [0.25, 0.3) is 5.69 Å². The molecule has 9 heteroatoms. The van der Waals surface area contributed by atoms with Gasteiger partial charge in [-0.3, -0.25) is 14.9 Å². The van der Waals surface area contributed by atoms with Crippen LogP contribution in [0.3, 0.4) is 0 Å². The van der Waals surface area contributed by atoms with E-state index < -0.39 is 28.3 Å². The van der Waals surface area contributed by atoms with Crippen molar-refractivity contribution in [2.24, 2.45) is 0 Å². The second-order valence-electron chi connectivity index (χ2n) is 7.71. The quantitative estimate of drug-likeness (QED) is 0.476. The largest absolute Gasteiger partial charge is 0.416 e. The van der Waals surface area contributed by atoms with Crippen LogP contribution in [0.1, 0.15) is 35.6 Å². The number of nitro benzene ring substituents is 1. The lowest BCUT2D eigenvalue weighted by atomic mass is 10.0. The first kappa shape index (κ1) is 22.7. The Morgan fingerprint density at radius 3 is 2.39 bits per heavy atom. The summed E-state index contributed by atoms with van der Waals surface area (Å²) in [7, 11) is 1.63. The second kappa shape index (κ2) is 9.47. The third-order valence-corrected chi connectivity index (χ3v) is 5.63. The molecule has 31 heavy (non-hydrogen) atoms. The highest BCUT2D eigenvalue weighted by Gasteiger charge is 2.34. The summed E-state index contributed by atoms with van der Waals surface area (Å²) in [6, 6.07) is 11.5. The van der Waals surface area contributed by atoms with Crippen LogP contribution in [0, 0.1) is 10.1 Å². The predicted molar refractivity (Wildman–Crippen MR) is 109 cm³/mol. The number of carbonyl (C=O) groups is 1. The van der Waals surface area contributed by atoms with Crippen LogP contribution in [0.15, 0.2) is 48.5 Å². The normalized spacial score (nSPS) is 15.6. The fourth-order valence-corrected chi connectivity index (χ4v) is 3.86. The Balaban J connectivity index is 1.84. The molecule has 2 aromatic carbocycles. The molecule has 6 nitrogen and oxygen atoms in total. The number of rotatable bonds is 7. The van der Waals surface area contributed by atoms with E-state index in [1.807, 2.05) is 30.3 Å². The van der Waals surface area contributed by atoms with E-state index in [2.05, 4.69) is 4.90 Å². The van der Waals surface area contributed by atoms with Crippen LogP contribution in [-0.4, -0.2) is 47.3 Å². The minimum atomic E-state index is -4.70. The van der Waals surface area contributed by atoms with Crippen molar-refractivity contribution in [1.29, 1.82) is 0 Å². The number of hydrogen-bond donors (Lipinski definition) is 0. The molecule has 0 radical (unpaired) electrons. The molecule has 1 atom stereocenters. The maximum atomic E-state index is 13.0. The van der Waals surface area contributed by atoms with E-state index in [1.54, 1.807) is 7.05 Å². The van der Waals surface area contributed by atoms with Gasteiger partial charge in [0, 0.05) is 25.2 Å². The lowest BCUT2D eigenvalue weighted by Gasteiger charge is -2.32. The van der Waals surface area contributed by atoms with Crippen molar-refractivity contribution < 1.29 is 22.9 Å². The Labute approximate surface area is 178 Å². The summed E-state index contributed by atoms with van der Waals surface area (Å²) in [6.45, 7) is 2.51. The molecule has 0 aliphatic carbocycles. The molecule has 1 aliphatic rings.